The van der Waals surface area contributed by atoms with Crippen molar-refractivity contribution in [1.29, 1.82) is 0 Å². The standard InChI is InChI=1S/C23H30F2S/c1-2-3-4-5-6-7-8-9-10-19-11-13-20(14-12-19)21-15-17-22(18-16-21)26-23(24)25/h11-18,23H,2-10H2,1H3. The molecule has 0 amide bonds. The lowest BCUT2D eigenvalue weighted by atomic mass is 10.0. The number of unbranched alkanes of at least 4 members (excludes halogenated alkanes) is 7. The number of benzene rings is 2. The lowest BCUT2D eigenvalue weighted by molar-refractivity contribution is 0.252. The van der Waals surface area contributed by atoms with Gasteiger partial charge in [0.1, 0.15) is 0 Å². The minimum Gasteiger partial charge on any atom is -0.198 e. The van der Waals surface area contributed by atoms with E-state index in [0.29, 0.717) is 16.7 Å². The largest absolute Gasteiger partial charge is 0.288 e. The fourth-order valence-electron chi connectivity index (χ4n) is 3.16. The van der Waals surface area contributed by atoms with E-state index < -0.39 is 5.76 Å². The predicted octanol–water partition coefficient (Wildman–Crippen LogP) is 8.35. The smallest absolute Gasteiger partial charge is 0.198 e. The third-order valence-electron chi connectivity index (χ3n) is 4.69. The lowest BCUT2D eigenvalue weighted by Crippen LogP contribution is -1.87. The van der Waals surface area contributed by atoms with Gasteiger partial charge < -0.3 is 0 Å². The number of hydrogen-bond acceptors (Lipinski definition) is 1. The fraction of sp³-hybridized carbons (Fsp3) is 0.478. The van der Waals surface area contributed by atoms with E-state index >= 15 is 0 Å². The van der Waals surface area contributed by atoms with Crippen LogP contribution < -0.4 is 0 Å². The van der Waals surface area contributed by atoms with Gasteiger partial charge in [0.15, 0.2) is 0 Å². The van der Waals surface area contributed by atoms with Crippen LogP contribution in [-0.4, -0.2) is 5.76 Å². The maximum Gasteiger partial charge on any atom is 0.288 e. The van der Waals surface area contributed by atoms with Gasteiger partial charge in [-0.05, 0) is 41.7 Å². The SMILES string of the molecule is CCCCCCCCCCc1ccc(-c2ccc(SC(F)F)cc2)cc1. The van der Waals surface area contributed by atoms with Gasteiger partial charge in [0.25, 0.3) is 5.76 Å². The lowest BCUT2D eigenvalue weighted by Gasteiger charge is -2.06. The van der Waals surface area contributed by atoms with Gasteiger partial charge in [0.2, 0.25) is 0 Å². The molecule has 2 aromatic carbocycles. The maximum atomic E-state index is 12.4. The van der Waals surface area contributed by atoms with Crippen molar-refractivity contribution in [2.75, 3.05) is 0 Å². The van der Waals surface area contributed by atoms with E-state index in [1.165, 1.54) is 56.9 Å². The monoisotopic (exact) mass is 376 g/mol. The number of halogens is 2. The molecule has 3 heteroatoms. The van der Waals surface area contributed by atoms with Crippen molar-refractivity contribution < 1.29 is 8.78 Å². The summed E-state index contributed by atoms with van der Waals surface area (Å²) in [5, 5.41) is 0. The van der Waals surface area contributed by atoms with Crippen molar-refractivity contribution in [2.24, 2.45) is 0 Å². The summed E-state index contributed by atoms with van der Waals surface area (Å²) >= 11 is 0.590. The summed E-state index contributed by atoms with van der Waals surface area (Å²) in [6, 6.07) is 16.0. The van der Waals surface area contributed by atoms with Gasteiger partial charge in [-0.15, -0.1) is 0 Å². The minimum atomic E-state index is -2.36. The molecule has 0 radical (unpaired) electrons. The molecule has 0 aliphatic carbocycles. The first-order chi connectivity index (χ1) is 12.7. The second kappa shape index (κ2) is 12.1. The molecule has 0 fully saturated rings. The second-order valence-corrected chi connectivity index (χ2v) is 7.89. The van der Waals surface area contributed by atoms with Gasteiger partial charge in [-0.2, -0.15) is 8.78 Å². The summed E-state index contributed by atoms with van der Waals surface area (Å²) < 4.78 is 24.7. The van der Waals surface area contributed by atoms with Crippen LogP contribution in [0.3, 0.4) is 0 Å². The van der Waals surface area contributed by atoms with Crippen LogP contribution in [0.25, 0.3) is 11.1 Å². The molecular formula is C23H30F2S. The molecule has 2 aromatic rings. The molecule has 0 atom stereocenters. The van der Waals surface area contributed by atoms with Crippen LogP contribution in [0.1, 0.15) is 63.9 Å². The van der Waals surface area contributed by atoms with Crippen molar-refractivity contribution in [3.05, 3.63) is 54.1 Å². The second-order valence-electron chi connectivity index (χ2n) is 6.82. The Morgan fingerprint density at radius 1 is 0.692 bits per heavy atom. The quantitative estimate of drug-likeness (QED) is 0.265. The Kier molecular flexibility index (Phi) is 9.76. The molecule has 0 aromatic heterocycles. The van der Waals surface area contributed by atoms with Gasteiger partial charge in [0, 0.05) is 4.90 Å². The fourth-order valence-corrected chi connectivity index (χ4v) is 3.65. The molecule has 2 rings (SSSR count). The van der Waals surface area contributed by atoms with Gasteiger partial charge in [-0.3, -0.25) is 0 Å². The van der Waals surface area contributed by atoms with Crippen molar-refractivity contribution in [1.82, 2.24) is 0 Å². The Morgan fingerprint density at radius 2 is 1.19 bits per heavy atom. The van der Waals surface area contributed by atoms with Crippen molar-refractivity contribution in [3.63, 3.8) is 0 Å². The van der Waals surface area contributed by atoms with Gasteiger partial charge in [-0.1, -0.05) is 100 Å². The van der Waals surface area contributed by atoms with E-state index in [0.717, 1.165) is 17.5 Å². The molecular weight excluding hydrogens is 346 g/mol. The zero-order valence-corrected chi connectivity index (χ0v) is 16.5. The normalized spacial score (nSPS) is 11.2. The molecule has 26 heavy (non-hydrogen) atoms. The molecule has 0 N–H and O–H groups in total. The highest BCUT2D eigenvalue weighted by Gasteiger charge is 2.05. The van der Waals surface area contributed by atoms with Crippen LogP contribution in [-0.2, 0) is 6.42 Å². The Hall–Kier alpha value is -1.35. The summed E-state index contributed by atoms with van der Waals surface area (Å²) in [6.45, 7) is 2.26. The number of aryl methyl sites for hydroxylation is 1. The van der Waals surface area contributed by atoms with Crippen molar-refractivity contribution >= 4 is 11.8 Å². The van der Waals surface area contributed by atoms with Crippen LogP contribution in [0.5, 0.6) is 0 Å². The van der Waals surface area contributed by atoms with Gasteiger partial charge >= 0.3 is 0 Å². The molecule has 0 unspecified atom stereocenters. The molecule has 0 aliphatic rings. The first-order valence-corrected chi connectivity index (χ1v) is 10.7. The van der Waals surface area contributed by atoms with Crippen LogP contribution in [0.15, 0.2) is 53.4 Å². The highest BCUT2D eigenvalue weighted by molar-refractivity contribution is 7.99. The highest BCUT2D eigenvalue weighted by Crippen LogP contribution is 2.28. The Bertz CT molecular complexity index is 605. The third-order valence-corrected chi connectivity index (χ3v) is 5.41. The van der Waals surface area contributed by atoms with E-state index in [1.54, 1.807) is 12.1 Å². The molecule has 0 nitrogen and oxygen atoms in total. The summed E-state index contributed by atoms with van der Waals surface area (Å²) in [5.74, 6) is -2.36. The zero-order valence-electron chi connectivity index (χ0n) is 15.7. The van der Waals surface area contributed by atoms with Crippen molar-refractivity contribution in [2.45, 2.75) is 75.4 Å². The number of rotatable bonds is 12. The van der Waals surface area contributed by atoms with E-state index in [4.69, 9.17) is 0 Å². The third kappa shape index (κ3) is 7.90. The predicted molar refractivity (Wildman–Crippen MR) is 110 cm³/mol. The Morgan fingerprint density at radius 3 is 1.73 bits per heavy atom. The molecule has 142 valence electrons. The summed E-state index contributed by atoms with van der Waals surface area (Å²) in [6.07, 6.45) is 11.9. The minimum absolute atomic E-state index is 0.590. The Labute approximate surface area is 161 Å². The maximum absolute atomic E-state index is 12.4. The van der Waals surface area contributed by atoms with Crippen LogP contribution >= 0.6 is 11.8 Å². The average molecular weight is 377 g/mol. The molecule has 0 saturated heterocycles. The number of thioether (sulfide) groups is 1. The van der Waals surface area contributed by atoms with E-state index in [1.807, 2.05) is 12.1 Å². The van der Waals surface area contributed by atoms with Crippen LogP contribution in [0.2, 0.25) is 0 Å². The van der Waals surface area contributed by atoms with E-state index in [2.05, 4.69) is 31.2 Å². The van der Waals surface area contributed by atoms with Gasteiger partial charge in [0.05, 0.1) is 0 Å². The summed E-state index contributed by atoms with van der Waals surface area (Å²) in [7, 11) is 0. The van der Waals surface area contributed by atoms with Gasteiger partial charge in [-0.25, -0.2) is 0 Å². The van der Waals surface area contributed by atoms with Crippen molar-refractivity contribution in [3.8, 4) is 11.1 Å². The van der Waals surface area contributed by atoms with Crippen LogP contribution in [0, 0.1) is 0 Å². The first kappa shape index (κ1) is 21.0. The zero-order chi connectivity index (χ0) is 18.6. The summed E-state index contributed by atoms with van der Waals surface area (Å²) in [5.41, 5.74) is 3.59. The molecule has 0 aliphatic heterocycles. The molecule has 0 spiro atoms. The topological polar surface area (TPSA) is 0 Å². The number of hydrogen-bond donors (Lipinski definition) is 0. The summed E-state index contributed by atoms with van der Waals surface area (Å²) in [4.78, 5) is 0.607. The first-order valence-electron chi connectivity index (χ1n) is 9.83. The van der Waals surface area contributed by atoms with E-state index in [9.17, 15) is 8.78 Å². The van der Waals surface area contributed by atoms with E-state index in [-0.39, 0.29) is 0 Å². The average Bonchev–Trinajstić information content (AvgIpc) is 2.65. The van der Waals surface area contributed by atoms with Crippen LogP contribution in [0.4, 0.5) is 8.78 Å². The number of alkyl halides is 2. The molecule has 0 saturated carbocycles. The molecule has 0 bridgehead atoms. The highest BCUT2D eigenvalue weighted by atomic mass is 32.2. The Balaban J connectivity index is 1.72. The molecule has 0 heterocycles.